The third-order valence-electron chi connectivity index (χ3n) is 3.15. The fourth-order valence-electron chi connectivity index (χ4n) is 2.05. The Labute approximate surface area is 125 Å². The Morgan fingerprint density at radius 1 is 1.00 bits per heavy atom. The molecule has 22 heavy (non-hydrogen) atoms. The topological polar surface area (TPSA) is 95.1 Å². The molecule has 6 heteroatoms. The Morgan fingerprint density at radius 2 is 1.68 bits per heavy atom. The van der Waals surface area contributed by atoms with E-state index in [1.54, 1.807) is 24.3 Å². The number of phenolic OH excluding ortho intramolecular Hbond substituents is 2. The molecule has 2 N–H and O–H groups in total. The highest BCUT2D eigenvalue weighted by atomic mass is 16.3. The molecule has 108 valence electrons. The fraction of sp³-hybridized carbons (Fsp3) is 0. The number of benzene rings is 2. The van der Waals surface area contributed by atoms with Crippen molar-refractivity contribution in [3.63, 3.8) is 0 Å². The maximum absolute atomic E-state index is 11.8. The van der Waals surface area contributed by atoms with E-state index in [1.165, 1.54) is 30.6 Å². The van der Waals surface area contributed by atoms with E-state index in [9.17, 15) is 15.0 Å². The number of azo groups is 1. The maximum Gasteiger partial charge on any atom is 0.295 e. The van der Waals surface area contributed by atoms with Crippen molar-refractivity contribution in [2.45, 2.75) is 0 Å². The van der Waals surface area contributed by atoms with E-state index >= 15 is 0 Å². The van der Waals surface area contributed by atoms with E-state index in [0.29, 0.717) is 16.3 Å². The van der Waals surface area contributed by atoms with Crippen molar-refractivity contribution < 1.29 is 15.0 Å². The Hall–Kier alpha value is -3.28. The normalized spacial score (nSPS) is 11.1. The summed E-state index contributed by atoms with van der Waals surface area (Å²) in [4.78, 5) is 15.7. The van der Waals surface area contributed by atoms with E-state index in [2.05, 4.69) is 15.2 Å². The lowest BCUT2D eigenvalue weighted by molar-refractivity contribution is 0.0995. The monoisotopic (exact) mass is 293 g/mol. The molecule has 0 saturated carbocycles. The molecule has 1 aromatic heterocycles. The van der Waals surface area contributed by atoms with Crippen LogP contribution in [0.4, 0.5) is 5.69 Å². The minimum atomic E-state index is -0.561. The first-order valence-electron chi connectivity index (χ1n) is 6.46. The van der Waals surface area contributed by atoms with Gasteiger partial charge in [-0.3, -0.25) is 9.78 Å². The standard InChI is InChI=1S/C16H11N3O3/c20-14-9-13(15(21)12-4-2-1-3-11(12)14)18-19-16(22)10-5-7-17-8-6-10/h1-9,20-21H. The van der Waals surface area contributed by atoms with E-state index in [4.69, 9.17) is 0 Å². The quantitative estimate of drug-likeness (QED) is 0.557. The summed E-state index contributed by atoms with van der Waals surface area (Å²) in [6.45, 7) is 0. The van der Waals surface area contributed by atoms with Crippen LogP contribution < -0.4 is 0 Å². The summed E-state index contributed by atoms with van der Waals surface area (Å²) in [6, 6.07) is 11.1. The summed E-state index contributed by atoms with van der Waals surface area (Å²) in [5.74, 6) is -0.743. The van der Waals surface area contributed by atoms with E-state index in [0.717, 1.165) is 0 Å². The number of pyridine rings is 1. The molecular weight excluding hydrogens is 282 g/mol. The number of rotatable bonds is 2. The summed E-state index contributed by atoms with van der Waals surface area (Å²) in [5.41, 5.74) is 0.363. The lowest BCUT2D eigenvalue weighted by Gasteiger charge is -2.05. The molecule has 0 aliphatic heterocycles. The predicted molar refractivity (Wildman–Crippen MR) is 80.4 cm³/mol. The Balaban J connectivity index is 1.99. The van der Waals surface area contributed by atoms with Crippen LogP contribution in [0.15, 0.2) is 65.1 Å². The van der Waals surface area contributed by atoms with Crippen LogP contribution in [0, 0.1) is 0 Å². The van der Waals surface area contributed by atoms with Crippen molar-refractivity contribution in [1.82, 2.24) is 4.98 Å². The molecule has 3 rings (SSSR count). The summed E-state index contributed by atoms with van der Waals surface area (Å²) in [7, 11) is 0. The number of fused-ring (bicyclic) bond motifs is 1. The molecule has 0 aliphatic rings. The Morgan fingerprint density at radius 3 is 2.41 bits per heavy atom. The number of nitrogens with zero attached hydrogens (tertiary/aromatic N) is 3. The Bertz CT molecular complexity index is 876. The number of aromatic hydroxyl groups is 2. The molecule has 0 bridgehead atoms. The molecule has 1 amide bonds. The highest BCUT2D eigenvalue weighted by Gasteiger charge is 2.11. The van der Waals surface area contributed by atoms with Gasteiger partial charge in [0.25, 0.3) is 5.91 Å². The van der Waals surface area contributed by atoms with Gasteiger partial charge in [0.2, 0.25) is 0 Å². The summed E-state index contributed by atoms with van der Waals surface area (Å²) in [6.07, 6.45) is 2.95. The van der Waals surface area contributed by atoms with Gasteiger partial charge in [-0.1, -0.05) is 24.3 Å². The summed E-state index contributed by atoms with van der Waals surface area (Å²) in [5, 5.41) is 28.4. The first-order chi connectivity index (χ1) is 10.7. The van der Waals surface area contributed by atoms with Gasteiger partial charge in [-0.25, -0.2) is 0 Å². The maximum atomic E-state index is 11.8. The predicted octanol–water partition coefficient (Wildman–Crippen LogP) is 3.57. The van der Waals surface area contributed by atoms with Crippen molar-refractivity contribution in [3.8, 4) is 11.5 Å². The average Bonchev–Trinajstić information content (AvgIpc) is 2.57. The number of hydrogen-bond acceptors (Lipinski definition) is 5. The molecule has 0 aliphatic carbocycles. The zero-order valence-electron chi connectivity index (χ0n) is 11.3. The zero-order chi connectivity index (χ0) is 15.5. The third-order valence-corrected chi connectivity index (χ3v) is 3.15. The van der Waals surface area contributed by atoms with Crippen LogP contribution in [0.25, 0.3) is 10.8 Å². The second-order valence-corrected chi connectivity index (χ2v) is 4.55. The molecule has 0 saturated heterocycles. The van der Waals surface area contributed by atoms with Gasteiger partial charge in [0, 0.05) is 34.8 Å². The van der Waals surface area contributed by atoms with Crippen LogP contribution in [0.1, 0.15) is 10.4 Å². The smallest absolute Gasteiger partial charge is 0.295 e. The van der Waals surface area contributed by atoms with E-state index < -0.39 is 5.91 Å². The number of hydrogen-bond donors (Lipinski definition) is 2. The highest BCUT2D eigenvalue weighted by Crippen LogP contribution is 2.40. The molecular formula is C16H11N3O3. The van der Waals surface area contributed by atoms with Crippen LogP contribution in [-0.4, -0.2) is 21.1 Å². The number of carbonyl (C=O) groups is 1. The number of aromatic nitrogens is 1. The van der Waals surface area contributed by atoms with Gasteiger partial charge in [-0.2, -0.15) is 0 Å². The number of phenols is 2. The van der Waals surface area contributed by atoms with Crippen LogP contribution in [0.3, 0.4) is 0 Å². The minimum Gasteiger partial charge on any atom is -0.507 e. The first kappa shape index (κ1) is 13.7. The van der Waals surface area contributed by atoms with Gasteiger partial charge >= 0.3 is 0 Å². The SMILES string of the molecule is O=C(N=Nc1cc(O)c2ccccc2c1O)c1ccncc1. The molecule has 0 spiro atoms. The second kappa shape index (κ2) is 5.61. The zero-order valence-corrected chi connectivity index (χ0v) is 11.3. The van der Waals surface area contributed by atoms with E-state index in [1.807, 2.05) is 0 Å². The van der Waals surface area contributed by atoms with Crippen LogP contribution in [0.5, 0.6) is 11.5 Å². The van der Waals surface area contributed by atoms with Gasteiger partial charge in [0.15, 0.2) is 5.75 Å². The van der Waals surface area contributed by atoms with Crippen molar-refractivity contribution >= 4 is 22.4 Å². The van der Waals surface area contributed by atoms with Crippen molar-refractivity contribution in [2.24, 2.45) is 10.2 Å². The van der Waals surface area contributed by atoms with Crippen LogP contribution in [0.2, 0.25) is 0 Å². The molecule has 1 heterocycles. The largest absolute Gasteiger partial charge is 0.507 e. The lowest BCUT2D eigenvalue weighted by Crippen LogP contribution is -1.92. The van der Waals surface area contributed by atoms with Crippen molar-refractivity contribution in [1.29, 1.82) is 0 Å². The highest BCUT2D eigenvalue weighted by molar-refractivity contribution is 5.97. The molecule has 3 aromatic rings. The molecule has 0 radical (unpaired) electrons. The molecule has 0 fully saturated rings. The number of carbonyl (C=O) groups excluding carboxylic acids is 1. The Kier molecular flexibility index (Phi) is 3.49. The van der Waals surface area contributed by atoms with Crippen LogP contribution >= 0.6 is 0 Å². The second-order valence-electron chi connectivity index (χ2n) is 4.55. The third kappa shape index (κ3) is 2.49. The summed E-state index contributed by atoms with van der Waals surface area (Å²) >= 11 is 0. The molecule has 0 atom stereocenters. The fourth-order valence-corrected chi connectivity index (χ4v) is 2.05. The van der Waals surface area contributed by atoms with Crippen LogP contribution in [-0.2, 0) is 0 Å². The van der Waals surface area contributed by atoms with Gasteiger partial charge in [-0.15, -0.1) is 10.2 Å². The average molecular weight is 293 g/mol. The molecule has 6 nitrogen and oxygen atoms in total. The summed E-state index contributed by atoms with van der Waals surface area (Å²) < 4.78 is 0. The van der Waals surface area contributed by atoms with Gasteiger partial charge in [0.05, 0.1) is 0 Å². The van der Waals surface area contributed by atoms with Gasteiger partial charge < -0.3 is 10.2 Å². The first-order valence-corrected chi connectivity index (χ1v) is 6.46. The van der Waals surface area contributed by atoms with Crippen molar-refractivity contribution in [2.75, 3.05) is 0 Å². The number of amides is 1. The van der Waals surface area contributed by atoms with Crippen molar-refractivity contribution in [3.05, 3.63) is 60.4 Å². The molecule has 0 unspecified atom stereocenters. The minimum absolute atomic E-state index is 0.0265. The van der Waals surface area contributed by atoms with E-state index in [-0.39, 0.29) is 17.2 Å². The van der Waals surface area contributed by atoms with Gasteiger partial charge in [0.1, 0.15) is 11.4 Å². The van der Waals surface area contributed by atoms with Gasteiger partial charge in [-0.05, 0) is 12.1 Å². The lowest BCUT2D eigenvalue weighted by atomic mass is 10.1. The molecule has 2 aromatic carbocycles.